The van der Waals surface area contributed by atoms with Gasteiger partial charge in [0.05, 0.1) is 11.4 Å². The van der Waals surface area contributed by atoms with Crippen LogP contribution >= 0.6 is 0 Å². The van der Waals surface area contributed by atoms with Crippen LogP contribution in [-0.2, 0) is 0 Å². The van der Waals surface area contributed by atoms with Gasteiger partial charge in [-0.25, -0.2) is 4.68 Å². The Kier molecular flexibility index (Phi) is 3.46. The molecule has 0 amide bonds. The Morgan fingerprint density at radius 2 is 2.21 bits per heavy atom. The van der Waals surface area contributed by atoms with E-state index in [-0.39, 0.29) is 0 Å². The summed E-state index contributed by atoms with van der Waals surface area (Å²) in [6.07, 6.45) is 7.72. The van der Waals surface area contributed by atoms with Gasteiger partial charge < -0.3 is 0 Å². The molecule has 2 nitrogen and oxygen atoms in total. The highest BCUT2D eigenvalue weighted by molar-refractivity contribution is 5.58. The van der Waals surface area contributed by atoms with Crippen molar-refractivity contribution in [3.05, 3.63) is 48.3 Å². The molecule has 0 N–H and O–H groups in total. The van der Waals surface area contributed by atoms with Gasteiger partial charge in [-0.2, -0.15) is 5.10 Å². The summed E-state index contributed by atoms with van der Waals surface area (Å²) >= 11 is 0. The average molecular weight is 188 g/mol. The van der Waals surface area contributed by atoms with Gasteiger partial charge in [-0.15, -0.1) is 0 Å². The fraction of sp³-hybridized carbons (Fsp3) is 0.250. The first-order chi connectivity index (χ1) is 6.69. The van der Waals surface area contributed by atoms with Gasteiger partial charge in [0.25, 0.3) is 0 Å². The van der Waals surface area contributed by atoms with E-state index in [1.54, 1.807) is 6.08 Å². The van der Waals surface area contributed by atoms with Crippen molar-refractivity contribution in [2.24, 2.45) is 0 Å². The molecule has 1 aromatic heterocycles. The minimum Gasteiger partial charge on any atom is -0.238 e. The lowest BCUT2D eigenvalue weighted by Gasteiger charge is -2.03. The van der Waals surface area contributed by atoms with Crippen molar-refractivity contribution in [3.63, 3.8) is 0 Å². The van der Waals surface area contributed by atoms with Gasteiger partial charge in [-0.1, -0.05) is 18.7 Å². The molecule has 0 fully saturated rings. The zero-order chi connectivity index (χ0) is 10.6. The minimum atomic E-state index is 1.03. The zero-order valence-electron chi connectivity index (χ0n) is 8.99. The zero-order valence-corrected chi connectivity index (χ0v) is 8.99. The third kappa shape index (κ3) is 2.22. The van der Waals surface area contributed by atoms with E-state index in [1.807, 2.05) is 43.7 Å². The van der Waals surface area contributed by atoms with Crippen molar-refractivity contribution >= 4 is 5.70 Å². The van der Waals surface area contributed by atoms with Gasteiger partial charge in [0.15, 0.2) is 0 Å². The lowest BCUT2D eigenvalue weighted by Crippen LogP contribution is -1.99. The molecular weight excluding hydrogens is 172 g/mol. The third-order valence-electron chi connectivity index (χ3n) is 1.88. The number of hydrogen-bond acceptors (Lipinski definition) is 1. The number of allylic oxidation sites excluding steroid dienone is 5. The van der Waals surface area contributed by atoms with E-state index >= 15 is 0 Å². The number of hydrogen-bond donors (Lipinski definition) is 0. The number of aryl methyl sites for hydroxylation is 2. The van der Waals surface area contributed by atoms with Crippen LogP contribution in [0.15, 0.2) is 36.9 Å². The molecule has 0 aliphatic rings. The van der Waals surface area contributed by atoms with Gasteiger partial charge in [-0.05, 0) is 39.0 Å². The Balaban J connectivity index is 3.17. The Labute approximate surface area is 85.3 Å². The number of nitrogens with zero attached hydrogens (tertiary/aromatic N) is 2. The van der Waals surface area contributed by atoms with E-state index in [2.05, 4.69) is 17.7 Å². The topological polar surface area (TPSA) is 17.8 Å². The average Bonchev–Trinajstić information content (AvgIpc) is 2.45. The summed E-state index contributed by atoms with van der Waals surface area (Å²) < 4.78 is 1.91. The largest absolute Gasteiger partial charge is 0.238 e. The molecule has 0 aromatic carbocycles. The number of aromatic nitrogens is 2. The van der Waals surface area contributed by atoms with Gasteiger partial charge >= 0.3 is 0 Å². The summed E-state index contributed by atoms with van der Waals surface area (Å²) in [5.74, 6) is 0. The first kappa shape index (κ1) is 10.5. The monoisotopic (exact) mass is 188 g/mol. The summed E-state index contributed by atoms with van der Waals surface area (Å²) in [5.41, 5.74) is 3.20. The van der Waals surface area contributed by atoms with Crippen LogP contribution in [0.3, 0.4) is 0 Å². The van der Waals surface area contributed by atoms with Gasteiger partial charge in [0.1, 0.15) is 0 Å². The molecular formula is C12H16N2. The van der Waals surface area contributed by atoms with E-state index in [0.29, 0.717) is 0 Å². The lowest BCUT2D eigenvalue weighted by molar-refractivity contribution is 0.859. The van der Waals surface area contributed by atoms with Crippen molar-refractivity contribution in [2.75, 3.05) is 0 Å². The molecule has 0 aliphatic carbocycles. The van der Waals surface area contributed by atoms with Crippen LogP contribution in [0.5, 0.6) is 0 Å². The van der Waals surface area contributed by atoms with Gasteiger partial charge in [0.2, 0.25) is 0 Å². The molecule has 1 rings (SSSR count). The Morgan fingerprint density at radius 3 is 2.64 bits per heavy atom. The van der Waals surface area contributed by atoms with E-state index in [1.165, 1.54) is 0 Å². The second-order valence-corrected chi connectivity index (χ2v) is 3.17. The first-order valence-electron chi connectivity index (χ1n) is 4.68. The van der Waals surface area contributed by atoms with Crippen LogP contribution < -0.4 is 0 Å². The van der Waals surface area contributed by atoms with Crippen LogP contribution in [0.4, 0.5) is 0 Å². The normalized spacial score (nSPS) is 12.4. The number of rotatable bonds is 3. The summed E-state index contributed by atoms with van der Waals surface area (Å²) in [6.45, 7) is 9.71. The molecule has 0 unspecified atom stereocenters. The van der Waals surface area contributed by atoms with Crippen molar-refractivity contribution in [1.29, 1.82) is 0 Å². The molecule has 0 spiro atoms. The highest BCUT2D eigenvalue weighted by Crippen LogP contribution is 2.11. The molecule has 0 bridgehead atoms. The maximum Gasteiger partial charge on any atom is 0.0645 e. The van der Waals surface area contributed by atoms with E-state index in [0.717, 1.165) is 17.1 Å². The maximum absolute atomic E-state index is 4.40. The summed E-state index contributed by atoms with van der Waals surface area (Å²) in [5, 5.41) is 4.40. The maximum atomic E-state index is 4.40. The lowest BCUT2D eigenvalue weighted by atomic mass is 10.3. The molecule has 0 saturated heterocycles. The van der Waals surface area contributed by atoms with Crippen LogP contribution in [0.25, 0.3) is 5.70 Å². The molecule has 0 aliphatic heterocycles. The van der Waals surface area contributed by atoms with Crippen LogP contribution in [0.2, 0.25) is 0 Å². The molecule has 0 saturated carbocycles. The molecule has 14 heavy (non-hydrogen) atoms. The second kappa shape index (κ2) is 4.61. The van der Waals surface area contributed by atoms with Crippen molar-refractivity contribution in [3.8, 4) is 0 Å². The van der Waals surface area contributed by atoms with Crippen LogP contribution in [-0.4, -0.2) is 9.78 Å². The molecule has 0 radical (unpaired) electrons. The molecule has 2 heteroatoms. The molecule has 1 aromatic rings. The second-order valence-electron chi connectivity index (χ2n) is 3.17. The van der Waals surface area contributed by atoms with Gasteiger partial charge in [0, 0.05) is 5.69 Å². The summed E-state index contributed by atoms with van der Waals surface area (Å²) in [4.78, 5) is 0. The Bertz CT molecular complexity index is 381. The predicted octanol–water partition coefficient (Wildman–Crippen LogP) is 3.10. The fourth-order valence-electron chi connectivity index (χ4n) is 1.38. The van der Waals surface area contributed by atoms with E-state index in [9.17, 15) is 0 Å². The van der Waals surface area contributed by atoms with Crippen molar-refractivity contribution < 1.29 is 0 Å². The Morgan fingerprint density at radius 1 is 1.50 bits per heavy atom. The predicted molar refractivity (Wildman–Crippen MR) is 61.0 cm³/mol. The minimum absolute atomic E-state index is 1.03. The van der Waals surface area contributed by atoms with Gasteiger partial charge in [-0.3, -0.25) is 0 Å². The van der Waals surface area contributed by atoms with Crippen molar-refractivity contribution in [1.82, 2.24) is 9.78 Å². The molecule has 1 heterocycles. The molecule has 0 atom stereocenters. The summed E-state index contributed by atoms with van der Waals surface area (Å²) in [7, 11) is 0. The standard InChI is InChI=1S/C12H16N2/c1-5-7-12(8-6-2)14-11(4)9-10(3)13-14/h5-9H,1H2,2-4H3/b8-6-,12-7+. The highest BCUT2D eigenvalue weighted by atomic mass is 15.3. The van der Waals surface area contributed by atoms with E-state index < -0.39 is 0 Å². The first-order valence-corrected chi connectivity index (χ1v) is 4.68. The van der Waals surface area contributed by atoms with Crippen molar-refractivity contribution in [2.45, 2.75) is 20.8 Å². The smallest absolute Gasteiger partial charge is 0.0645 e. The fourth-order valence-corrected chi connectivity index (χ4v) is 1.38. The Hall–Kier alpha value is -1.57. The highest BCUT2D eigenvalue weighted by Gasteiger charge is 2.02. The SMILES string of the molecule is C=C/C=C(\C=C/C)n1nc(C)cc1C. The quantitative estimate of drug-likeness (QED) is 0.666. The van der Waals surface area contributed by atoms with E-state index in [4.69, 9.17) is 0 Å². The van der Waals surface area contributed by atoms with Crippen LogP contribution in [0, 0.1) is 13.8 Å². The van der Waals surface area contributed by atoms with Crippen LogP contribution in [0.1, 0.15) is 18.3 Å². The third-order valence-corrected chi connectivity index (χ3v) is 1.88. The summed E-state index contributed by atoms with van der Waals surface area (Å²) in [6, 6.07) is 2.06. The molecule has 74 valence electrons.